The SMILES string of the molecule is Cc1nn(C)c(NC2CC3CCC(C2)N3)c1C#N. The Morgan fingerprint density at radius 1 is 1.39 bits per heavy atom. The maximum absolute atomic E-state index is 9.20. The minimum Gasteiger partial charge on any atom is -0.366 e. The van der Waals surface area contributed by atoms with Gasteiger partial charge in [0.2, 0.25) is 0 Å². The first-order valence-corrected chi connectivity index (χ1v) is 6.63. The molecule has 2 unspecified atom stereocenters. The van der Waals surface area contributed by atoms with Gasteiger partial charge in [-0.3, -0.25) is 4.68 Å². The lowest BCUT2D eigenvalue weighted by Crippen LogP contribution is -2.43. The maximum atomic E-state index is 9.20. The van der Waals surface area contributed by atoms with Gasteiger partial charge in [0, 0.05) is 25.2 Å². The number of anilines is 1. The summed E-state index contributed by atoms with van der Waals surface area (Å²) in [6, 6.07) is 4.02. The number of nitrogens with one attached hydrogen (secondary N) is 2. The Balaban J connectivity index is 1.79. The second-order valence-electron chi connectivity index (χ2n) is 5.49. The van der Waals surface area contributed by atoms with Crippen molar-refractivity contribution in [2.24, 2.45) is 7.05 Å². The number of nitriles is 1. The van der Waals surface area contributed by atoms with E-state index in [0.717, 1.165) is 24.4 Å². The molecule has 2 fully saturated rings. The number of hydrogen-bond acceptors (Lipinski definition) is 4. The first-order valence-electron chi connectivity index (χ1n) is 6.63. The average molecular weight is 245 g/mol. The summed E-state index contributed by atoms with van der Waals surface area (Å²) < 4.78 is 1.79. The summed E-state index contributed by atoms with van der Waals surface area (Å²) in [7, 11) is 1.89. The van der Waals surface area contributed by atoms with Crippen LogP contribution in [0, 0.1) is 18.3 Å². The van der Waals surface area contributed by atoms with E-state index >= 15 is 0 Å². The molecule has 1 aromatic heterocycles. The van der Waals surface area contributed by atoms with Crippen LogP contribution in [0.3, 0.4) is 0 Å². The Morgan fingerprint density at radius 3 is 2.67 bits per heavy atom. The van der Waals surface area contributed by atoms with E-state index in [1.54, 1.807) is 4.68 Å². The standard InChI is InChI=1S/C13H19N5/c1-8-12(7-14)13(18(2)17-8)16-11-5-9-3-4-10(6-11)15-9/h9-11,15-16H,3-6H2,1-2H3. The summed E-state index contributed by atoms with van der Waals surface area (Å²) in [5, 5.41) is 20.7. The predicted octanol–water partition coefficient (Wildman–Crippen LogP) is 1.30. The molecule has 0 radical (unpaired) electrons. The number of piperidine rings is 1. The summed E-state index contributed by atoms with van der Waals surface area (Å²) in [5.74, 6) is 0.876. The molecule has 0 spiro atoms. The molecule has 2 bridgehead atoms. The van der Waals surface area contributed by atoms with Gasteiger partial charge in [-0.1, -0.05) is 0 Å². The lowest BCUT2D eigenvalue weighted by atomic mass is 10.00. The Kier molecular flexibility index (Phi) is 2.75. The van der Waals surface area contributed by atoms with Crippen molar-refractivity contribution in [3.8, 4) is 6.07 Å². The van der Waals surface area contributed by atoms with E-state index in [-0.39, 0.29) is 0 Å². The van der Waals surface area contributed by atoms with Crippen molar-refractivity contribution >= 4 is 5.82 Å². The van der Waals surface area contributed by atoms with Crippen molar-refractivity contribution in [1.82, 2.24) is 15.1 Å². The third-order valence-corrected chi connectivity index (χ3v) is 4.15. The van der Waals surface area contributed by atoms with Crippen LogP contribution in [0.4, 0.5) is 5.82 Å². The highest BCUT2D eigenvalue weighted by Crippen LogP contribution is 2.29. The molecule has 5 nitrogen and oxygen atoms in total. The summed E-state index contributed by atoms with van der Waals surface area (Å²) in [6.45, 7) is 1.88. The normalized spacial score (nSPS) is 30.2. The van der Waals surface area contributed by atoms with E-state index in [9.17, 15) is 5.26 Å². The van der Waals surface area contributed by atoms with Gasteiger partial charge in [-0.25, -0.2) is 0 Å². The average Bonchev–Trinajstić information content (AvgIpc) is 2.80. The monoisotopic (exact) mass is 245 g/mol. The number of nitrogens with zero attached hydrogens (tertiary/aromatic N) is 3. The lowest BCUT2D eigenvalue weighted by Gasteiger charge is -2.30. The van der Waals surface area contributed by atoms with Crippen molar-refractivity contribution < 1.29 is 0 Å². The minimum absolute atomic E-state index is 0.464. The van der Waals surface area contributed by atoms with Crippen LogP contribution in [-0.2, 0) is 7.05 Å². The van der Waals surface area contributed by atoms with Crippen molar-refractivity contribution in [1.29, 1.82) is 5.26 Å². The molecule has 3 heterocycles. The fraction of sp³-hybridized carbons (Fsp3) is 0.692. The molecule has 0 amide bonds. The van der Waals surface area contributed by atoms with Crippen LogP contribution in [0.25, 0.3) is 0 Å². The smallest absolute Gasteiger partial charge is 0.142 e. The van der Waals surface area contributed by atoms with Gasteiger partial charge in [0.25, 0.3) is 0 Å². The van der Waals surface area contributed by atoms with E-state index < -0.39 is 0 Å². The van der Waals surface area contributed by atoms with E-state index in [1.165, 1.54) is 12.8 Å². The van der Waals surface area contributed by atoms with Crippen molar-refractivity contribution in [3.05, 3.63) is 11.3 Å². The highest BCUT2D eigenvalue weighted by molar-refractivity contribution is 5.55. The number of hydrogen-bond donors (Lipinski definition) is 2. The Bertz CT molecular complexity index is 486. The van der Waals surface area contributed by atoms with Crippen LogP contribution in [0.5, 0.6) is 0 Å². The molecule has 1 aromatic rings. The van der Waals surface area contributed by atoms with Crippen molar-refractivity contribution in [2.45, 2.75) is 50.7 Å². The van der Waals surface area contributed by atoms with E-state index in [4.69, 9.17) is 0 Å². The molecule has 2 saturated heterocycles. The van der Waals surface area contributed by atoms with Gasteiger partial charge in [-0.05, 0) is 32.6 Å². The molecule has 2 N–H and O–H groups in total. The van der Waals surface area contributed by atoms with Gasteiger partial charge >= 0.3 is 0 Å². The topological polar surface area (TPSA) is 65.7 Å². The predicted molar refractivity (Wildman–Crippen MR) is 69.3 cm³/mol. The Labute approximate surface area is 107 Å². The van der Waals surface area contributed by atoms with Crippen LogP contribution < -0.4 is 10.6 Å². The molecule has 0 aromatic carbocycles. The molecule has 5 heteroatoms. The first-order chi connectivity index (χ1) is 8.67. The van der Waals surface area contributed by atoms with E-state index in [2.05, 4.69) is 21.8 Å². The second-order valence-corrected chi connectivity index (χ2v) is 5.49. The summed E-state index contributed by atoms with van der Waals surface area (Å²) in [5.41, 5.74) is 1.49. The fourth-order valence-corrected chi connectivity index (χ4v) is 3.33. The van der Waals surface area contributed by atoms with Gasteiger partial charge in [-0.2, -0.15) is 10.4 Å². The van der Waals surface area contributed by atoms with Crippen LogP contribution in [0.1, 0.15) is 36.9 Å². The summed E-state index contributed by atoms with van der Waals surface area (Å²) in [4.78, 5) is 0. The van der Waals surface area contributed by atoms with Crippen LogP contribution in [0.2, 0.25) is 0 Å². The van der Waals surface area contributed by atoms with Gasteiger partial charge in [0.15, 0.2) is 0 Å². The minimum atomic E-state index is 0.464. The third kappa shape index (κ3) is 1.87. The molecule has 18 heavy (non-hydrogen) atoms. The summed E-state index contributed by atoms with van der Waals surface area (Å²) in [6.07, 6.45) is 4.87. The molecular weight excluding hydrogens is 226 g/mol. The largest absolute Gasteiger partial charge is 0.366 e. The fourth-order valence-electron chi connectivity index (χ4n) is 3.33. The number of rotatable bonds is 2. The van der Waals surface area contributed by atoms with Gasteiger partial charge in [0.1, 0.15) is 17.5 Å². The highest BCUT2D eigenvalue weighted by atomic mass is 15.3. The van der Waals surface area contributed by atoms with Crippen LogP contribution >= 0.6 is 0 Å². The number of aromatic nitrogens is 2. The molecule has 2 aliphatic rings. The molecular formula is C13H19N5. The molecule has 2 atom stereocenters. The number of aryl methyl sites for hydroxylation is 2. The summed E-state index contributed by atoms with van der Waals surface area (Å²) >= 11 is 0. The van der Waals surface area contributed by atoms with Gasteiger partial charge in [-0.15, -0.1) is 0 Å². The zero-order chi connectivity index (χ0) is 12.7. The van der Waals surface area contributed by atoms with E-state index in [0.29, 0.717) is 23.7 Å². The third-order valence-electron chi connectivity index (χ3n) is 4.15. The first kappa shape index (κ1) is 11.5. The van der Waals surface area contributed by atoms with Gasteiger partial charge < -0.3 is 10.6 Å². The maximum Gasteiger partial charge on any atom is 0.142 e. The molecule has 0 saturated carbocycles. The molecule has 2 aliphatic heterocycles. The zero-order valence-electron chi connectivity index (χ0n) is 10.9. The Hall–Kier alpha value is -1.54. The van der Waals surface area contributed by atoms with E-state index in [1.807, 2.05) is 14.0 Å². The van der Waals surface area contributed by atoms with Crippen LogP contribution in [-0.4, -0.2) is 27.9 Å². The highest BCUT2D eigenvalue weighted by Gasteiger charge is 2.34. The second kappa shape index (κ2) is 4.29. The zero-order valence-corrected chi connectivity index (χ0v) is 10.9. The molecule has 0 aliphatic carbocycles. The quantitative estimate of drug-likeness (QED) is 0.824. The van der Waals surface area contributed by atoms with Crippen LogP contribution in [0.15, 0.2) is 0 Å². The van der Waals surface area contributed by atoms with Crippen molar-refractivity contribution in [3.63, 3.8) is 0 Å². The van der Waals surface area contributed by atoms with Gasteiger partial charge in [0.05, 0.1) is 5.69 Å². The van der Waals surface area contributed by atoms with Crippen molar-refractivity contribution in [2.75, 3.05) is 5.32 Å². The Morgan fingerprint density at radius 2 is 2.06 bits per heavy atom. The number of fused-ring (bicyclic) bond motifs is 2. The molecule has 96 valence electrons. The lowest BCUT2D eigenvalue weighted by molar-refractivity contribution is 0.377. The molecule has 3 rings (SSSR count).